The molecule has 0 aliphatic carbocycles. The van der Waals surface area contributed by atoms with E-state index in [0.717, 1.165) is 13.0 Å². The second-order valence-corrected chi connectivity index (χ2v) is 8.34. The highest BCUT2D eigenvalue weighted by atomic mass is 16.5. The second kappa shape index (κ2) is 7.78. The lowest BCUT2D eigenvalue weighted by molar-refractivity contribution is 0.0734. The molecule has 28 heavy (non-hydrogen) atoms. The third kappa shape index (κ3) is 3.96. The smallest absolute Gasteiger partial charge is 0.343 e. The molecule has 4 nitrogen and oxygen atoms in total. The molecule has 0 saturated heterocycles. The highest BCUT2D eigenvalue weighted by molar-refractivity contribution is 5.96. The zero-order chi connectivity index (χ0) is 20.5. The summed E-state index contributed by atoms with van der Waals surface area (Å²) < 4.78 is 5.54. The fraction of sp³-hybridized carbons (Fsp3) is 0.417. The standard InChI is InChI=1S/C24H29NO3/c1-6-22(26)17-7-10-19(11-8-17)28-23(27)18-9-12-21-20(15-18)24(4,5)13-14-25(21)16(2)3/h7-12,15-16H,6,13-14H2,1-5H3. The van der Waals surface area contributed by atoms with E-state index in [-0.39, 0.29) is 17.2 Å². The van der Waals surface area contributed by atoms with Crippen LogP contribution in [-0.2, 0) is 5.41 Å². The molecule has 0 atom stereocenters. The average molecular weight is 380 g/mol. The monoisotopic (exact) mass is 379 g/mol. The Morgan fingerprint density at radius 1 is 1.07 bits per heavy atom. The van der Waals surface area contributed by atoms with E-state index in [1.807, 2.05) is 25.1 Å². The van der Waals surface area contributed by atoms with Gasteiger partial charge in [-0.25, -0.2) is 4.79 Å². The van der Waals surface area contributed by atoms with Crippen LogP contribution in [0.4, 0.5) is 5.69 Å². The van der Waals surface area contributed by atoms with Gasteiger partial charge in [-0.15, -0.1) is 0 Å². The highest BCUT2D eigenvalue weighted by Crippen LogP contribution is 2.41. The second-order valence-electron chi connectivity index (χ2n) is 8.34. The number of benzene rings is 2. The Morgan fingerprint density at radius 2 is 1.71 bits per heavy atom. The van der Waals surface area contributed by atoms with Crippen LogP contribution in [0.2, 0.25) is 0 Å². The molecule has 0 unspecified atom stereocenters. The molecule has 0 saturated carbocycles. The number of hydrogen-bond donors (Lipinski definition) is 0. The molecular formula is C24H29NO3. The van der Waals surface area contributed by atoms with E-state index < -0.39 is 0 Å². The number of Topliss-reactive ketones (excluding diaryl/α,β-unsaturated/α-hetero) is 1. The molecule has 2 aromatic rings. The van der Waals surface area contributed by atoms with Gasteiger partial charge in [0.25, 0.3) is 0 Å². The number of esters is 1. The molecule has 0 aromatic heterocycles. The third-order valence-electron chi connectivity index (χ3n) is 5.58. The van der Waals surface area contributed by atoms with Gasteiger partial charge in [0.2, 0.25) is 0 Å². The number of fused-ring (bicyclic) bond motifs is 1. The van der Waals surface area contributed by atoms with Crippen LogP contribution < -0.4 is 9.64 Å². The molecule has 0 fully saturated rings. The van der Waals surface area contributed by atoms with Gasteiger partial charge in [-0.1, -0.05) is 20.8 Å². The van der Waals surface area contributed by atoms with E-state index in [1.165, 1.54) is 11.3 Å². The quantitative estimate of drug-likeness (QED) is 0.397. The molecule has 148 valence electrons. The lowest BCUT2D eigenvalue weighted by Gasteiger charge is -2.42. The molecule has 3 rings (SSSR count). The predicted molar refractivity (Wildman–Crippen MR) is 113 cm³/mol. The summed E-state index contributed by atoms with van der Waals surface area (Å²) in [7, 11) is 0. The Kier molecular flexibility index (Phi) is 5.59. The topological polar surface area (TPSA) is 46.6 Å². The number of nitrogens with zero attached hydrogens (tertiary/aromatic N) is 1. The number of hydrogen-bond acceptors (Lipinski definition) is 4. The van der Waals surface area contributed by atoms with E-state index in [4.69, 9.17) is 4.74 Å². The van der Waals surface area contributed by atoms with Crippen molar-refractivity contribution in [3.05, 3.63) is 59.2 Å². The Hall–Kier alpha value is -2.62. The summed E-state index contributed by atoms with van der Waals surface area (Å²) in [5, 5.41) is 0. The van der Waals surface area contributed by atoms with Crippen LogP contribution in [0.5, 0.6) is 5.75 Å². The Labute approximate surface area is 167 Å². The summed E-state index contributed by atoms with van der Waals surface area (Å²) in [4.78, 5) is 26.8. The molecule has 4 heteroatoms. The summed E-state index contributed by atoms with van der Waals surface area (Å²) in [5.41, 5.74) is 3.58. The molecule has 1 heterocycles. The highest BCUT2D eigenvalue weighted by Gasteiger charge is 2.32. The molecule has 0 radical (unpaired) electrons. The zero-order valence-electron chi connectivity index (χ0n) is 17.4. The first-order valence-electron chi connectivity index (χ1n) is 9.99. The number of anilines is 1. The summed E-state index contributed by atoms with van der Waals surface area (Å²) in [6, 6.07) is 13.0. The molecule has 0 bridgehead atoms. The minimum atomic E-state index is -0.380. The van der Waals surface area contributed by atoms with Gasteiger partial charge in [-0.05, 0) is 73.7 Å². The van der Waals surface area contributed by atoms with Crippen molar-refractivity contribution in [3.63, 3.8) is 0 Å². The minimum absolute atomic E-state index is 0.0131. The Bertz CT molecular complexity index is 881. The normalized spacial score (nSPS) is 15.3. The van der Waals surface area contributed by atoms with Crippen molar-refractivity contribution in [2.75, 3.05) is 11.4 Å². The van der Waals surface area contributed by atoms with Crippen LogP contribution in [0, 0.1) is 0 Å². The van der Waals surface area contributed by atoms with E-state index in [0.29, 0.717) is 29.3 Å². The Balaban J connectivity index is 1.84. The molecule has 2 aromatic carbocycles. The average Bonchev–Trinajstić information content (AvgIpc) is 2.67. The van der Waals surface area contributed by atoms with Crippen molar-refractivity contribution in [1.82, 2.24) is 0 Å². The third-order valence-corrected chi connectivity index (χ3v) is 5.58. The van der Waals surface area contributed by atoms with Crippen molar-refractivity contribution < 1.29 is 14.3 Å². The van der Waals surface area contributed by atoms with Gasteiger partial charge in [-0.2, -0.15) is 0 Å². The number of rotatable bonds is 5. The summed E-state index contributed by atoms with van der Waals surface area (Å²) in [5.74, 6) is 0.137. The first-order valence-corrected chi connectivity index (χ1v) is 9.99. The number of carbonyl (C=O) groups excluding carboxylic acids is 2. The van der Waals surface area contributed by atoms with Crippen LogP contribution >= 0.6 is 0 Å². The minimum Gasteiger partial charge on any atom is -0.423 e. The summed E-state index contributed by atoms with van der Waals surface area (Å²) in [6.07, 6.45) is 1.50. The zero-order valence-corrected chi connectivity index (χ0v) is 17.4. The van der Waals surface area contributed by atoms with Crippen LogP contribution in [0.15, 0.2) is 42.5 Å². The fourth-order valence-electron chi connectivity index (χ4n) is 3.73. The Morgan fingerprint density at radius 3 is 2.32 bits per heavy atom. The van der Waals surface area contributed by atoms with Gasteiger partial charge < -0.3 is 9.64 Å². The summed E-state index contributed by atoms with van der Waals surface area (Å²) in [6.45, 7) is 11.7. The van der Waals surface area contributed by atoms with Gasteiger partial charge >= 0.3 is 5.97 Å². The maximum Gasteiger partial charge on any atom is 0.343 e. The largest absolute Gasteiger partial charge is 0.423 e. The molecule has 0 amide bonds. The molecule has 0 spiro atoms. The number of ether oxygens (including phenoxy) is 1. The van der Waals surface area contributed by atoms with Gasteiger partial charge in [0, 0.05) is 30.3 Å². The maximum atomic E-state index is 12.7. The SMILES string of the molecule is CCC(=O)c1ccc(OC(=O)c2ccc3c(c2)C(C)(C)CCN3C(C)C)cc1. The van der Waals surface area contributed by atoms with Gasteiger partial charge in [0.1, 0.15) is 5.75 Å². The van der Waals surface area contributed by atoms with Gasteiger partial charge in [-0.3, -0.25) is 4.79 Å². The van der Waals surface area contributed by atoms with Gasteiger partial charge in [0.05, 0.1) is 5.56 Å². The van der Waals surface area contributed by atoms with Gasteiger partial charge in [0.15, 0.2) is 5.78 Å². The van der Waals surface area contributed by atoms with Crippen molar-refractivity contribution in [2.45, 2.75) is 58.9 Å². The van der Waals surface area contributed by atoms with E-state index in [2.05, 4.69) is 32.6 Å². The van der Waals surface area contributed by atoms with Crippen LogP contribution in [0.3, 0.4) is 0 Å². The molecular weight excluding hydrogens is 350 g/mol. The van der Waals surface area contributed by atoms with Crippen LogP contribution in [0.25, 0.3) is 0 Å². The van der Waals surface area contributed by atoms with Crippen LogP contribution in [-0.4, -0.2) is 24.3 Å². The van der Waals surface area contributed by atoms with E-state index >= 15 is 0 Å². The maximum absolute atomic E-state index is 12.7. The number of ketones is 1. The van der Waals surface area contributed by atoms with Crippen molar-refractivity contribution >= 4 is 17.4 Å². The molecule has 0 N–H and O–H groups in total. The summed E-state index contributed by atoms with van der Waals surface area (Å²) >= 11 is 0. The van der Waals surface area contributed by atoms with E-state index in [9.17, 15) is 9.59 Å². The number of carbonyl (C=O) groups is 2. The predicted octanol–water partition coefficient (Wildman–Crippen LogP) is 5.39. The molecule has 1 aliphatic heterocycles. The molecule has 1 aliphatic rings. The lowest BCUT2D eigenvalue weighted by atomic mass is 9.77. The van der Waals surface area contributed by atoms with Crippen molar-refractivity contribution in [2.24, 2.45) is 0 Å². The first-order chi connectivity index (χ1) is 13.2. The fourth-order valence-corrected chi connectivity index (χ4v) is 3.73. The lowest BCUT2D eigenvalue weighted by Crippen LogP contribution is -2.41. The first kappa shape index (κ1) is 20.1. The van der Waals surface area contributed by atoms with Crippen molar-refractivity contribution in [3.8, 4) is 5.75 Å². The van der Waals surface area contributed by atoms with Crippen LogP contribution in [0.1, 0.15) is 73.7 Å². The van der Waals surface area contributed by atoms with E-state index in [1.54, 1.807) is 24.3 Å². The van der Waals surface area contributed by atoms with Crippen molar-refractivity contribution in [1.29, 1.82) is 0 Å².